The van der Waals surface area contributed by atoms with E-state index < -0.39 is 6.10 Å². The third-order valence-electron chi connectivity index (χ3n) is 4.69. The van der Waals surface area contributed by atoms with Crippen LogP contribution in [0.4, 0.5) is 0 Å². The first kappa shape index (κ1) is 17.7. The van der Waals surface area contributed by atoms with Gasteiger partial charge in [0.15, 0.2) is 5.76 Å². The molecule has 2 aromatic rings. The van der Waals surface area contributed by atoms with Crippen LogP contribution in [0.3, 0.4) is 0 Å². The van der Waals surface area contributed by atoms with Crippen molar-refractivity contribution in [3.63, 3.8) is 0 Å². The van der Waals surface area contributed by atoms with E-state index in [-0.39, 0.29) is 23.0 Å². The first-order valence-electron chi connectivity index (χ1n) is 8.72. The lowest BCUT2D eigenvalue weighted by Crippen LogP contribution is -2.34. The highest BCUT2D eigenvalue weighted by Gasteiger charge is 2.25. The lowest BCUT2D eigenvalue weighted by atomic mass is 9.86. The minimum Gasteiger partial charge on any atom is -0.451 e. The Balaban J connectivity index is 1.64. The molecule has 1 aliphatic rings. The number of benzene rings is 1. The lowest BCUT2D eigenvalue weighted by Gasteiger charge is -2.18. The predicted octanol–water partition coefficient (Wildman–Crippen LogP) is 2.55. The summed E-state index contributed by atoms with van der Waals surface area (Å²) in [6.07, 6.45) is -0.409. The van der Waals surface area contributed by atoms with Crippen molar-refractivity contribution in [1.82, 2.24) is 10.6 Å². The standard InChI is InChI=1S/C20H26N2O3/c1-20(2,3)15-6-4-13(5-7-15)17-8-9-18(25-17)19(24)22-11-14-10-21-12-16(14)23/h4-9,14,16,21,23H,10-12H2,1-3H3,(H,22,24). The van der Waals surface area contributed by atoms with Crippen LogP contribution < -0.4 is 10.6 Å². The smallest absolute Gasteiger partial charge is 0.287 e. The van der Waals surface area contributed by atoms with Crippen LogP contribution in [0.2, 0.25) is 0 Å². The van der Waals surface area contributed by atoms with Crippen molar-refractivity contribution in [2.24, 2.45) is 5.92 Å². The van der Waals surface area contributed by atoms with Gasteiger partial charge in [-0.25, -0.2) is 0 Å². The second kappa shape index (κ2) is 7.02. The molecule has 3 N–H and O–H groups in total. The molecule has 1 aromatic carbocycles. The molecule has 0 radical (unpaired) electrons. The SMILES string of the molecule is CC(C)(C)c1ccc(-c2ccc(C(=O)NCC3CNCC3O)o2)cc1. The predicted molar refractivity (Wildman–Crippen MR) is 97.5 cm³/mol. The molecule has 5 nitrogen and oxygen atoms in total. The van der Waals surface area contributed by atoms with Gasteiger partial charge in [-0.15, -0.1) is 0 Å². The van der Waals surface area contributed by atoms with Gasteiger partial charge < -0.3 is 20.2 Å². The van der Waals surface area contributed by atoms with Crippen LogP contribution in [-0.2, 0) is 5.41 Å². The number of rotatable bonds is 4. The summed E-state index contributed by atoms with van der Waals surface area (Å²) in [5, 5.41) is 15.7. The summed E-state index contributed by atoms with van der Waals surface area (Å²) < 4.78 is 5.71. The van der Waals surface area contributed by atoms with Gasteiger partial charge in [-0.1, -0.05) is 45.0 Å². The van der Waals surface area contributed by atoms with Gasteiger partial charge in [0.1, 0.15) is 5.76 Å². The molecule has 25 heavy (non-hydrogen) atoms. The summed E-state index contributed by atoms with van der Waals surface area (Å²) in [5.74, 6) is 0.753. The maximum absolute atomic E-state index is 12.2. The lowest BCUT2D eigenvalue weighted by molar-refractivity contribution is 0.0900. The summed E-state index contributed by atoms with van der Waals surface area (Å²) >= 11 is 0. The maximum atomic E-state index is 12.2. The molecule has 1 aliphatic heterocycles. The number of aliphatic hydroxyl groups excluding tert-OH is 1. The van der Waals surface area contributed by atoms with E-state index in [1.54, 1.807) is 6.07 Å². The number of hydrogen-bond acceptors (Lipinski definition) is 4. The molecule has 2 heterocycles. The van der Waals surface area contributed by atoms with Crippen molar-refractivity contribution in [2.45, 2.75) is 32.3 Å². The third kappa shape index (κ3) is 4.11. The Morgan fingerprint density at radius 3 is 2.52 bits per heavy atom. The number of carbonyl (C=O) groups excluding carboxylic acids is 1. The zero-order chi connectivity index (χ0) is 18.0. The number of hydrogen-bond donors (Lipinski definition) is 3. The highest BCUT2D eigenvalue weighted by molar-refractivity contribution is 5.92. The zero-order valence-electron chi connectivity index (χ0n) is 15.0. The zero-order valence-corrected chi connectivity index (χ0v) is 15.0. The van der Waals surface area contributed by atoms with Crippen LogP contribution in [-0.4, -0.2) is 36.8 Å². The number of furan rings is 1. The topological polar surface area (TPSA) is 74.5 Å². The molecule has 0 spiro atoms. The molecule has 134 valence electrons. The van der Waals surface area contributed by atoms with E-state index in [1.165, 1.54) is 5.56 Å². The van der Waals surface area contributed by atoms with Crippen LogP contribution in [0.15, 0.2) is 40.8 Å². The normalized spacial score (nSPS) is 20.6. The molecule has 0 bridgehead atoms. The first-order valence-corrected chi connectivity index (χ1v) is 8.72. The fourth-order valence-corrected chi connectivity index (χ4v) is 2.99. The van der Waals surface area contributed by atoms with E-state index in [2.05, 4.69) is 43.5 Å². The van der Waals surface area contributed by atoms with Crippen LogP contribution in [0.1, 0.15) is 36.9 Å². The van der Waals surface area contributed by atoms with Gasteiger partial charge in [0.25, 0.3) is 5.91 Å². The van der Waals surface area contributed by atoms with Crippen molar-refractivity contribution in [2.75, 3.05) is 19.6 Å². The van der Waals surface area contributed by atoms with Crippen molar-refractivity contribution in [3.05, 3.63) is 47.7 Å². The molecule has 5 heteroatoms. The monoisotopic (exact) mass is 342 g/mol. The summed E-state index contributed by atoms with van der Waals surface area (Å²) in [4.78, 5) is 12.2. The molecule has 0 saturated carbocycles. The number of amides is 1. The average molecular weight is 342 g/mol. The minimum absolute atomic E-state index is 0.0447. The summed E-state index contributed by atoms with van der Waals surface area (Å²) in [7, 11) is 0. The van der Waals surface area contributed by atoms with E-state index in [4.69, 9.17) is 4.42 Å². The molecule has 2 unspecified atom stereocenters. The Labute approximate surface area is 148 Å². The molecular weight excluding hydrogens is 316 g/mol. The van der Waals surface area contributed by atoms with Gasteiger partial charge in [0.05, 0.1) is 6.10 Å². The third-order valence-corrected chi connectivity index (χ3v) is 4.69. The molecule has 1 aromatic heterocycles. The van der Waals surface area contributed by atoms with Crippen molar-refractivity contribution < 1.29 is 14.3 Å². The molecule has 1 saturated heterocycles. The highest BCUT2D eigenvalue weighted by atomic mass is 16.3. The number of carbonyl (C=O) groups is 1. The summed E-state index contributed by atoms with van der Waals surface area (Å²) in [5.41, 5.74) is 2.30. The van der Waals surface area contributed by atoms with E-state index in [0.29, 0.717) is 25.4 Å². The molecular formula is C20H26N2O3. The molecule has 1 fully saturated rings. The fourth-order valence-electron chi connectivity index (χ4n) is 2.99. The van der Waals surface area contributed by atoms with Crippen LogP contribution in [0, 0.1) is 5.92 Å². The van der Waals surface area contributed by atoms with Crippen molar-refractivity contribution in [1.29, 1.82) is 0 Å². The summed E-state index contributed by atoms with van der Waals surface area (Å²) in [6.45, 7) is 8.25. The van der Waals surface area contributed by atoms with Crippen LogP contribution >= 0.6 is 0 Å². The summed E-state index contributed by atoms with van der Waals surface area (Å²) in [6, 6.07) is 11.7. The Bertz CT molecular complexity index is 728. The van der Waals surface area contributed by atoms with Crippen LogP contribution in [0.5, 0.6) is 0 Å². The number of β-amino-alcohol motifs (C(OH)–C–C–N with tert-alkyl or cyclic N) is 1. The Morgan fingerprint density at radius 2 is 1.92 bits per heavy atom. The highest BCUT2D eigenvalue weighted by Crippen LogP contribution is 2.27. The van der Waals surface area contributed by atoms with Gasteiger partial charge in [0, 0.05) is 31.1 Å². The van der Waals surface area contributed by atoms with Crippen molar-refractivity contribution >= 4 is 5.91 Å². The Hall–Kier alpha value is -2.11. The van der Waals surface area contributed by atoms with E-state index >= 15 is 0 Å². The quantitative estimate of drug-likeness (QED) is 0.798. The molecule has 0 aliphatic carbocycles. The van der Waals surface area contributed by atoms with Crippen LogP contribution in [0.25, 0.3) is 11.3 Å². The largest absolute Gasteiger partial charge is 0.451 e. The second-order valence-corrected chi connectivity index (χ2v) is 7.69. The number of aliphatic hydroxyl groups is 1. The number of nitrogens with one attached hydrogen (secondary N) is 2. The minimum atomic E-state index is -0.409. The van der Waals surface area contributed by atoms with Gasteiger partial charge in [-0.2, -0.15) is 0 Å². The fraction of sp³-hybridized carbons (Fsp3) is 0.450. The second-order valence-electron chi connectivity index (χ2n) is 7.69. The maximum Gasteiger partial charge on any atom is 0.287 e. The van der Waals surface area contributed by atoms with E-state index in [1.807, 2.05) is 18.2 Å². The van der Waals surface area contributed by atoms with Gasteiger partial charge >= 0.3 is 0 Å². The first-order chi connectivity index (χ1) is 11.8. The van der Waals surface area contributed by atoms with Gasteiger partial charge in [-0.05, 0) is 23.1 Å². The van der Waals surface area contributed by atoms with Gasteiger partial charge in [-0.3, -0.25) is 4.79 Å². The van der Waals surface area contributed by atoms with E-state index in [9.17, 15) is 9.90 Å². The average Bonchev–Trinajstić information content (AvgIpc) is 3.21. The van der Waals surface area contributed by atoms with Crippen molar-refractivity contribution in [3.8, 4) is 11.3 Å². The Kier molecular flexibility index (Phi) is 4.97. The molecule has 3 rings (SSSR count). The molecule has 1 amide bonds. The van der Waals surface area contributed by atoms with E-state index in [0.717, 1.165) is 5.56 Å². The Morgan fingerprint density at radius 1 is 1.20 bits per heavy atom. The molecule has 2 atom stereocenters. The van der Waals surface area contributed by atoms with Gasteiger partial charge in [0.2, 0.25) is 0 Å².